The predicted molar refractivity (Wildman–Crippen MR) is 149 cm³/mol. The number of ether oxygens (including phenoxy) is 1. The minimum Gasteiger partial charge on any atom is -0.458 e. The van der Waals surface area contributed by atoms with E-state index in [0.717, 1.165) is 45.4 Å². The molecule has 2 bridgehead atoms. The molecule has 9 nitrogen and oxygen atoms in total. The van der Waals surface area contributed by atoms with Crippen LogP contribution >= 0.6 is 0 Å². The summed E-state index contributed by atoms with van der Waals surface area (Å²) in [4.78, 5) is 51.6. The Bertz CT molecular complexity index is 1210. The van der Waals surface area contributed by atoms with Gasteiger partial charge in [0.05, 0.1) is 12.3 Å². The number of Topliss-reactive ketones (excluding diaryl/α,β-unsaturated/α-hetero) is 1. The van der Waals surface area contributed by atoms with Crippen LogP contribution in [0.25, 0.3) is 0 Å². The summed E-state index contributed by atoms with van der Waals surface area (Å²) in [7, 11) is 2.05. The van der Waals surface area contributed by atoms with Gasteiger partial charge < -0.3 is 19.6 Å². The van der Waals surface area contributed by atoms with E-state index in [-0.39, 0.29) is 34.5 Å². The minimum atomic E-state index is -0.747. The normalized spacial score (nSPS) is 40.9. The molecule has 2 heterocycles. The summed E-state index contributed by atoms with van der Waals surface area (Å²) in [6, 6.07) is 0. The number of ketones is 1. The number of nitrogens with one attached hydrogen (secondary N) is 1. The zero-order valence-electron chi connectivity index (χ0n) is 24.0. The molecule has 1 aromatic heterocycles. The number of aromatic nitrogens is 2. The number of H-pyrrole nitrogens is 1. The van der Waals surface area contributed by atoms with Crippen molar-refractivity contribution in [3.05, 3.63) is 34.8 Å². The van der Waals surface area contributed by atoms with Gasteiger partial charge in [-0.1, -0.05) is 33.8 Å². The van der Waals surface area contributed by atoms with E-state index in [1.54, 1.807) is 6.08 Å². The number of piperazine rings is 1. The van der Waals surface area contributed by atoms with E-state index in [2.05, 4.69) is 49.3 Å². The molecule has 5 rings (SSSR count). The second-order valence-electron chi connectivity index (χ2n) is 13.2. The minimum absolute atomic E-state index is 0.102. The largest absolute Gasteiger partial charge is 0.458 e. The van der Waals surface area contributed by atoms with Crippen molar-refractivity contribution in [3.63, 3.8) is 0 Å². The quantitative estimate of drug-likeness (QED) is 0.442. The number of anilines is 1. The summed E-state index contributed by atoms with van der Waals surface area (Å²) in [5.41, 5.74) is -2.41. The third-order valence-corrected chi connectivity index (χ3v) is 11.4. The number of esters is 1. The highest BCUT2D eigenvalue weighted by molar-refractivity contribution is 5.89. The van der Waals surface area contributed by atoms with Crippen LogP contribution in [0, 0.1) is 34.0 Å². The average molecular weight is 541 g/mol. The fraction of sp³-hybridized carbons (Fsp3) is 0.733. The third-order valence-electron chi connectivity index (χ3n) is 11.4. The molecular weight excluding hydrogens is 496 g/mol. The molecule has 1 aliphatic heterocycles. The number of hydrogen-bond donors (Lipinski definition) is 2. The highest BCUT2D eigenvalue weighted by Gasteiger charge is 2.68. The monoisotopic (exact) mass is 540 g/mol. The van der Waals surface area contributed by atoms with Crippen molar-refractivity contribution in [3.8, 4) is 0 Å². The Hall–Kier alpha value is -2.52. The van der Waals surface area contributed by atoms with Gasteiger partial charge >= 0.3 is 5.97 Å². The second-order valence-corrected chi connectivity index (χ2v) is 13.2. The first-order chi connectivity index (χ1) is 18.4. The zero-order chi connectivity index (χ0) is 28.3. The first kappa shape index (κ1) is 28.0. The molecule has 2 unspecified atom stereocenters. The molecule has 2 N–H and O–H groups in total. The molecular formula is C30H44N4O5. The molecule has 8 atom stereocenters. The maximum absolute atomic E-state index is 13.6. The molecule has 1 saturated heterocycles. The molecule has 1 aromatic rings. The van der Waals surface area contributed by atoms with E-state index in [4.69, 9.17) is 4.74 Å². The van der Waals surface area contributed by atoms with E-state index >= 15 is 0 Å². The number of rotatable bonds is 4. The smallest absolute Gasteiger partial charge is 0.345 e. The molecule has 39 heavy (non-hydrogen) atoms. The molecule has 4 fully saturated rings. The number of aromatic amines is 1. The summed E-state index contributed by atoms with van der Waals surface area (Å²) in [5.74, 6) is -0.411. The van der Waals surface area contributed by atoms with Crippen LogP contribution in [0.2, 0.25) is 0 Å². The van der Waals surface area contributed by atoms with E-state index in [1.165, 1.54) is 6.20 Å². The van der Waals surface area contributed by atoms with Crippen molar-refractivity contribution in [2.45, 2.75) is 72.0 Å². The van der Waals surface area contributed by atoms with Crippen LogP contribution in [-0.2, 0) is 9.53 Å². The van der Waals surface area contributed by atoms with Crippen molar-refractivity contribution >= 4 is 17.7 Å². The van der Waals surface area contributed by atoms with Gasteiger partial charge in [-0.25, -0.2) is 9.78 Å². The van der Waals surface area contributed by atoms with E-state index in [1.807, 2.05) is 11.8 Å². The average Bonchev–Trinajstić information content (AvgIpc) is 3.27. The number of aliphatic hydroxyl groups excluding tert-OH is 1. The fourth-order valence-electron chi connectivity index (χ4n) is 8.40. The fourth-order valence-corrected chi connectivity index (χ4v) is 8.40. The number of nitrogens with zero attached hydrogens (tertiary/aromatic N) is 3. The van der Waals surface area contributed by atoms with Crippen LogP contribution in [0.15, 0.2) is 23.6 Å². The summed E-state index contributed by atoms with van der Waals surface area (Å²) >= 11 is 0. The molecule has 0 amide bonds. The Morgan fingerprint density at radius 2 is 1.90 bits per heavy atom. The van der Waals surface area contributed by atoms with Crippen LogP contribution in [-0.4, -0.2) is 77.2 Å². The number of hydrogen-bond acceptors (Lipinski definition) is 8. The molecule has 0 spiro atoms. The molecule has 214 valence electrons. The summed E-state index contributed by atoms with van der Waals surface area (Å²) in [5, 5.41) is 11.7. The first-order valence-electron chi connectivity index (χ1n) is 14.5. The molecule has 3 saturated carbocycles. The van der Waals surface area contributed by atoms with Crippen LogP contribution < -0.4 is 10.5 Å². The maximum Gasteiger partial charge on any atom is 0.345 e. The Kier molecular flexibility index (Phi) is 7.07. The summed E-state index contributed by atoms with van der Waals surface area (Å²) < 4.78 is 6.26. The van der Waals surface area contributed by atoms with Gasteiger partial charge in [0, 0.05) is 49.3 Å². The first-order valence-corrected chi connectivity index (χ1v) is 14.5. The van der Waals surface area contributed by atoms with Gasteiger partial charge in [0.1, 0.15) is 17.5 Å². The predicted octanol–water partition coefficient (Wildman–Crippen LogP) is 3.04. The van der Waals surface area contributed by atoms with Crippen molar-refractivity contribution in [2.75, 3.05) is 38.1 Å². The second kappa shape index (κ2) is 9.84. The Labute approximate surface area is 231 Å². The van der Waals surface area contributed by atoms with E-state index < -0.39 is 34.6 Å². The van der Waals surface area contributed by atoms with Gasteiger partial charge in [0.15, 0.2) is 0 Å². The van der Waals surface area contributed by atoms with Crippen molar-refractivity contribution in [1.82, 2.24) is 14.9 Å². The molecule has 3 aliphatic carbocycles. The Balaban J connectivity index is 1.50. The van der Waals surface area contributed by atoms with Crippen LogP contribution in [0.3, 0.4) is 0 Å². The van der Waals surface area contributed by atoms with Gasteiger partial charge in [-0.15, -0.1) is 6.58 Å². The van der Waals surface area contributed by atoms with Crippen LogP contribution in [0.4, 0.5) is 5.95 Å². The Morgan fingerprint density at radius 1 is 1.21 bits per heavy atom. The highest BCUT2D eigenvalue weighted by atomic mass is 16.5. The summed E-state index contributed by atoms with van der Waals surface area (Å²) in [6.45, 7) is 15.5. The van der Waals surface area contributed by atoms with Crippen molar-refractivity contribution in [2.24, 2.45) is 34.0 Å². The summed E-state index contributed by atoms with van der Waals surface area (Å²) in [6.07, 6.45) is 4.93. The van der Waals surface area contributed by atoms with Gasteiger partial charge in [-0.2, -0.15) is 0 Å². The topological polar surface area (TPSA) is 116 Å². The van der Waals surface area contributed by atoms with Gasteiger partial charge in [-0.05, 0) is 50.0 Å². The third kappa shape index (κ3) is 4.27. The van der Waals surface area contributed by atoms with Crippen molar-refractivity contribution in [1.29, 1.82) is 0 Å². The maximum atomic E-state index is 13.6. The lowest BCUT2D eigenvalue weighted by molar-refractivity contribution is -0.192. The lowest BCUT2D eigenvalue weighted by Crippen LogP contribution is -2.63. The number of aliphatic hydroxyl groups is 1. The number of likely N-dealkylation sites (N-methyl/N-ethyl adjacent to an activating group) is 1. The molecule has 9 heteroatoms. The number of carbonyl (C=O) groups excluding carboxylic acids is 2. The lowest BCUT2D eigenvalue weighted by atomic mass is 9.44. The van der Waals surface area contributed by atoms with Crippen LogP contribution in [0.1, 0.15) is 70.2 Å². The van der Waals surface area contributed by atoms with E-state index in [0.29, 0.717) is 18.8 Å². The zero-order valence-corrected chi connectivity index (χ0v) is 24.0. The van der Waals surface area contributed by atoms with Crippen LogP contribution in [0.5, 0.6) is 0 Å². The van der Waals surface area contributed by atoms with E-state index in [9.17, 15) is 19.5 Å². The highest BCUT2D eigenvalue weighted by Crippen LogP contribution is 2.68. The SMILES string of the molecule is C=C[C@]1(C)C[C@@H](OC(=O)c2cnc(N3CCN(C)CC3)[nH]c2=O)[C@@]2(C)C3C(=O)CCC3(CC[C@H]2C)[C@@H](C)[C@@H]1O. The molecule has 4 aliphatic rings. The van der Waals surface area contributed by atoms with Crippen molar-refractivity contribution < 1.29 is 19.4 Å². The number of carbonyl (C=O) groups is 2. The lowest BCUT2D eigenvalue weighted by Gasteiger charge is -2.61. The van der Waals surface area contributed by atoms with Gasteiger partial charge in [0.2, 0.25) is 5.95 Å². The molecule has 0 aromatic carbocycles. The Morgan fingerprint density at radius 3 is 2.54 bits per heavy atom. The van der Waals surface area contributed by atoms with Gasteiger partial charge in [-0.3, -0.25) is 14.6 Å². The molecule has 0 radical (unpaired) electrons. The standard InChI is InChI=1S/C30H44N4O5/c1-7-28(4)16-22(29(5)18(2)8-10-30(19(3)24(28)36)11-9-21(35)23(29)30)39-26(38)20-17-31-27(32-25(20)37)34-14-12-33(6)13-15-34/h7,17-19,22-24,36H,1,8-16H2,2-6H3,(H,31,32,37)/t18-,19+,22-,23?,24+,28-,29+,30?/m1/s1. The van der Waals surface area contributed by atoms with Gasteiger partial charge in [0.25, 0.3) is 5.56 Å².